The van der Waals surface area contributed by atoms with Crippen molar-refractivity contribution >= 4 is 10.9 Å². The Morgan fingerprint density at radius 3 is 2.89 bits per heavy atom. The Hall–Kier alpha value is -1.68. The molecule has 0 radical (unpaired) electrons. The third kappa shape index (κ3) is 2.96. The van der Waals surface area contributed by atoms with E-state index >= 15 is 0 Å². The Labute approximate surface area is 106 Å². The Balaban J connectivity index is 2.10. The molecule has 1 N–H and O–H groups in total. The van der Waals surface area contributed by atoms with Crippen molar-refractivity contribution in [3.63, 3.8) is 0 Å². The van der Waals surface area contributed by atoms with Crippen LogP contribution in [0.3, 0.4) is 0 Å². The molecule has 1 aromatic heterocycles. The van der Waals surface area contributed by atoms with Gasteiger partial charge < -0.3 is 5.11 Å². The molecule has 0 fully saturated rings. The largest absolute Gasteiger partial charge is 0.393 e. The fraction of sp³-hybridized carbons (Fsp3) is 0.429. The van der Waals surface area contributed by atoms with Crippen LogP contribution in [0.15, 0.2) is 35.4 Å². The summed E-state index contributed by atoms with van der Waals surface area (Å²) in [5.74, 6) is 0. The summed E-state index contributed by atoms with van der Waals surface area (Å²) in [6.07, 6.45) is 3.90. The number of aliphatic hydroxyl groups is 1. The smallest absolute Gasteiger partial charge is 0.261 e. The molecule has 0 saturated heterocycles. The minimum Gasteiger partial charge on any atom is -0.393 e. The van der Waals surface area contributed by atoms with Gasteiger partial charge in [-0.25, -0.2) is 4.98 Å². The predicted octanol–water partition coefficient (Wildman–Crippen LogP) is 1.95. The van der Waals surface area contributed by atoms with E-state index in [1.54, 1.807) is 23.9 Å². The summed E-state index contributed by atoms with van der Waals surface area (Å²) >= 11 is 0. The second-order valence-corrected chi connectivity index (χ2v) is 4.61. The van der Waals surface area contributed by atoms with Crippen LogP contribution in [0, 0.1) is 0 Å². The van der Waals surface area contributed by atoms with Gasteiger partial charge in [0.1, 0.15) is 0 Å². The van der Waals surface area contributed by atoms with Gasteiger partial charge in [0.25, 0.3) is 5.56 Å². The Kier molecular flexibility index (Phi) is 4.10. The maximum atomic E-state index is 12.1. The summed E-state index contributed by atoms with van der Waals surface area (Å²) in [5, 5.41) is 9.83. The van der Waals surface area contributed by atoms with Gasteiger partial charge in [0.2, 0.25) is 0 Å². The van der Waals surface area contributed by atoms with Crippen molar-refractivity contribution < 1.29 is 5.11 Å². The molecule has 0 saturated carbocycles. The third-order valence-corrected chi connectivity index (χ3v) is 3.00. The highest BCUT2D eigenvalue weighted by molar-refractivity contribution is 5.76. The van der Waals surface area contributed by atoms with Crippen LogP contribution in [-0.4, -0.2) is 20.8 Å². The van der Waals surface area contributed by atoms with E-state index < -0.39 is 0 Å². The van der Waals surface area contributed by atoms with Crippen LogP contribution < -0.4 is 5.56 Å². The number of aryl methyl sites for hydroxylation is 1. The fourth-order valence-electron chi connectivity index (χ4n) is 1.99. The van der Waals surface area contributed by atoms with Crippen molar-refractivity contribution in [1.82, 2.24) is 9.55 Å². The summed E-state index contributed by atoms with van der Waals surface area (Å²) in [5.41, 5.74) is 0.750. The van der Waals surface area contributed by atoms with Crippen LogP contribution in [0.5, 0.6) is 0 Å². The molecule has 2 rings (SSSR count). The van der Waals surface area contributed by atoms with E-state index in [0.29, 0.717) is 11.9 Å². The molecule has 0 aliphatic carbocycles. The molecule has 1 atom stereocenters. The Morgan fingerprint density at radius 1 is 1.33 bits per heavy atom. The Morgan fingerprint density at radius 2 is 2.11 bits per heavy atom. The number of para-hydroxylation sites is 1. The van der Waals surface area contributed by atoms with Gasteiger partial charge >= 0.3 is 0 Å². The zero-order chi connectivity index (χ0) is 13.0. The third-order valence-electron chi connectivity index (χ3n) is 3.00. The highest BCUT2D eigenvalue weighted by Gasteiger charge is 2.03. The van der Waals surface area contributed by atoms with Crippen LogP contribution >= 0.6 is 0 Å². The van der Waals surface area contributed by atoms with Crippen LogP contribution in [0.4, 0.5) is 0 Å². The molecule has 96 valence electrons. The first-order chi connectivity index (χ1) is 8.68. The van der Waals surface area contributed by atoms with E-state index in [1.165, 1.54) is 0 Å². The monoisotopic (exact) mass is 246 g/mol. The molecule has 0 aliphatic rings. The van der Waals surface area contributed by atoms with E-state index in [9.17, 15) is 4.79 Å². The van der Waals surface area contributed by atoms with Gasteiger partial charge in [-0.15, -0.1) is 0 Å². The van der Waals surface area contributed by atoms with E-state index in [-0.39, 0.29) is 11.7 Å². The zero-order valence-electron chi connectivity index (χ0n) is 10.5. The van der Waals surface area contributed by atoms with Crippen LogP contribution in [0.1, 0.15) is 26.2 Å². The summed E-state index contributed by atoms with van der Waals surface area (Å²) in [4.78, 5) is 16.4. The predicted molar refractivity (Wildman–Crippen MR) is 71.5 cm³/mol. The van der Waals surface area contributed by atoms with Gasteiger partial charge in [0, 0.05) is 6.54 Å². The number of hydrogen-bond donors (Lipinski definition) is 1. The molecule has 1 aromatic carbocycles. The van der Waals surface area contributed by atoms with Crippen molar-refractivity contribution in [2.75, 3.05) is 0 Å². The number of unbranched alkanes of at least 4 members (excludes halogenated alkanes) is 1. The fourth-order valence-corrected chi connectivity index (χ4v) is 1.99. The van der Waals surface area contributed by atoms with E-state index in [4.69, 9.17) is 5.11 Å². The highest BCUT2D eigenvalue weighted by atomic mass is 16.3. The summed E-state index contributed by atoms with van der Waals surface area (Å²) < 4.78 is 1.64. The molecule has 0 amide bonds. The van der Waals surface area contributed by atoms with Gasteiger partial charge in [-0.1, -0.05) is 12.1 Å². The lowest BCUT2D eigenvalue weighted by Crippen LogP contribution is -2.20. The molecule has 0 spiro atoms. The number of aromatic nitrogens is 2. The summed E-state index contributed by atoms with van der Waals surface area (Å²) in [7, 11) is 0. The highest BCUT2D eigenvalue weighted by Crippen LogP contribution is 2.06. The van der Waals surface area contributed by atoms with Crippen LogP contribution in [0.2, 0.25) is 0 Å². The standard InChI is InChI=1S/C14H18N2O2/c1-11(17)6-4-5-9-16-10-15-13-8-3-2-7-12(13)14(16)18/h2-3,7-8,10-11,17H,4-6,9H2,1H3. The molecule has 0 bridgehead atoms. The lowest BCUT2D eigenvalue weighted by molar-refractivity contribution is 0.180. The normalized spacial score (nSPS) is 12.8. The number of hydrogen-bond acceptors (Lipinski definition) is 3. The number of benzene rings is 1. The number of nitrogens with zero attached hydrogens (tertiary/aromatic N) is 2. The second-order valence-electron chi connectivity index (χ2n) is 4.61. The lowest BCUT2D eigenvalue weighted by Gasteiger charge is -2.07. The van der Waals surface area contributed by atoms with Gasteiger partial charge in [-0.3, -0.25) is 9.36 Å². The van der Waals surface area contributed by atoms with E-state index in [1.807, 2.05) is 18.2 Å². The lowest BCUT2D eigenvalue weighted by atomic mass is 10.2. The molecule has 4 heteroatoms. The zero-order valence-corrected chi connectivity index (χ0v) is 10.5. The molecular weight excluding hydrogens is 228 g/mol. The van der Waals surface area contributed by atoms with Crippen molar-refractivity contribution in [3.8, 4) is 0 Å². The van der Waals surface area contributed by atoms with Crippen molar-refractivity contribution in [3.05, 3.63) is 40.9 Å². The quantitative estimate of drug-likeness (QED) is 0.820. The molecule has 0 aliphatic heterocycles. The topological polar surface area (TPSA) is 55.1 Å². The summed E-state index contributed by atoms with van der Waals surface area (Å²) in [6.45, 7) is 2.44. The van der Waals surface area contributed by atoms with Gasteiger partial charge in [0.15, 0.2) is 0 Å². The van der Waals surface area contributed by atoms with E-state index in [0.717, 1.165) is 24.8 Å². The number of rotatable bonds is 5. The second kappa shape index (κ2) is 5.78. The van der Waals surface area contributed by atoms with Crippen molar-refractivity contribution in [2.24, 2.45) is 0 Å². The van der Waals surface area contributed by atoms with Crippen LogP contribution in [0.25, 0.3) is 10.9 Å². The average molecular weight is 246 g/mol. The van der Waals surface area contributed by atoms with Gasteiger partial charge in [-0.2, -0.15) is 0 Å². The number of fused-ring (bicyclic) bond motifs is 1. The molecule has 1 heterocycles. The van der Waals surface area contributed by atoms with Gasteiger partial charge in [0.05, 0.1) is 23.3 Å². The molecule has 18 heavy (non-hydrogen) atoms. The summed E-state index contributed by atoms with van der Waals surface area (Å²) in [6, 6.07) is 7.37. The van der Waals surface area contributed by atoms with Gasteiger partial charge in [-0.05, 0) is 38.3 Å². The minimum absolute atomic E-state index is 0.0117. The minimum atomic E-state index is -0.267. The van der Waals surface area contributed by atoms with E-state index in [2.05, 4.69) is 4.98 Å². The molecular formula is C14H18N2O2. The SMILES string of the molecule is CC(O)CCCCn1cnc2ccccc2c1=O. The first-order valence-electron chi connectivity index (χ1n) is 6.31. The molecule has 2 aromatic rings. The first-order valence-corrected chi connectivity index (χ1v) is 6.31. The maximum Gasteiger partial charge on any atom is 0.261 e. The van der Waals surface area contributed by atoms with Crippen molar-refractivity contribution in [2.45, 2.75) is 38.8 Å². The maximum absolute atomic E-state index is 12.1. The van der Waals surface area contributed by atoms with Crippen LogP contribution in [-0.2, 0) is 6.54 Å². The number of aliphatic hydroxyl groups excluding tert-OH is 1. The first kappa shape index (κ1) is 12.8. The molecule has 1 unspecified atom stereocenters. The average Bonchev–Trinajstić information content (AvgIpc) is 2.37. The molecule has 4 nitrogen and oxygen atoms in total. The Bertz CT molecular complexity index is 575. The van der Waals surface area contributed by atoms with Crippen molar-refractivity contribution in [1.29, 1.82) is 0 Å².